The third-order valence-corrected chi connectivity index (χ3v) is 5.42. The van der Waals surface area contributed by atoms with Crippen LogP contribution in [0, 0.1) is 0 Å². The maximum absolute atomic E-state index is 12.9. The molecule has 1 N–H and O–H groups in total. The number of benzene rings is 1. The molecule has 0 spiro atoms. The van der Waals surface area contributed by atoms with Gasteiger partial charge in [-0.25, -0.2) is 15.0 Å². The van der Waals surface area contributed by atoms with Gasteiger partial charge in [-0.05, 0) is 18.1 Å². The van der Waals surface area contributed by atoms with E-state index in [0.29, 0.717) is 17.6 Å². The predicted molar refractivity (Wildman–Crippen MR) is 112 cm³/mol. The van der Waals surface area contributed by atoms with Gasteiger partial charge in [0.25, 0.3) is 5.91 Å². The Labute approximate surface area is 172 Å². The molecular weight excluding hydrogens is 386 g/mol. The lowest BCUT2D eigenvalue weighted by Gasteiger charge is -2.20. The number of hydrogen-bond acceptors (Lipinski definition) is 6. The number of nitrogens with zero attached hydrogens (tertiary/aromatic N) is 5. The number of carbonyl (C=O) groups is 1. The molecule has 0 bridgehead atoms. The van der Waals surface area contributed by atoms with Gasteiger partial charge in [-0.15, -0.1) is 11.3 Å². The molecule has 8 heteroatoms. The summed E-state index contributed by atoms with van der Waals surface area (Å²) in [5.74, 6) is -0.192. The number of amides is 1. The minimum Gasteiger partial charge on any atom is -0.395 e. The lowest BCUT2D eigenvalue weighted by molar-refractivity contribution is 0.0707. The van der Waals surface area contributed by atoms with Gasteiger partial charge >= 0.3 is 0 Å². The SMILES string of the molecule is O=C(c1cnc2c(c1)ncn2CCc1ccccc1)N(CCO)Cc1nccs1. The Balaban J connectivity index is 1.51. The van der Waals surface area contributed by atoms with Crippen molar-refractivity contribution in [3.63, 3.8) is 0 Å². The Morgan fingerprint density at radius 2 is 2.03 bits per heavy atom. The molecule has 3 heterocycles. The van der Waals surface area contributed by atoms with Crippen LogP contribution in [0.2, 0.25) is 0 Å². The molecule has 29 heavy (non-hydrogen) atoms. The Hall–Kier alpha value is -3.10. The zero-order valence-electron chi connectivity index (χ0n) is 15.8. The van der Waals surface area contributed by atoms with Crippen molar-refractivity contribution in [2.24, 2.45) is 0 Å². The number of imidazole rings is 1. The van der Waals surface area contributed by atoms with Crippen LogP contribution in [0.1, 0.15) is 20.9 Å². The summed E-state index contributed by atoms with van der Waals surface area (Å²) in [4.78, 5) is 27.7. The highest BCUT2D eigenvalue weighted by atomic mass is 32.1. The molecule has 4 aromatic rings. The molecule has 0 fully saturated rings. The van der Waals surface area contributed by atoms with Gasteiger partial charge in [0.05, 0.1) is 25.0 Å². The normalized spacial score (nSPS) is 11.1. The lowest BCUT2D eigenvalue weighted by atomic mass is 10.1. The first kappa shape index (κ1) is 19.2. The van der Waals surface area contributed by atoms with E-state index < -0.39 is 0 Å². The first-order valence-electron chi connectivity index (χ1n) is 9.38. The summed E-state index contributed by atoms with van der Waals surface area (Å²) in [6.07, 6.45) is 5.93. The average Bonchev–Trinajstić information content (AvgIpc) is 3.41. The van der Waals surface area contributed by atoms with Crippen molar-refractivity contribution >= 4 is 28.4 Å². The number of carbonyl (C=O) groups excluding carboxylic acids is 1. The summed E-state index contributed by atoms with van der Waals surface area (Å²) in [6.45, 7) is 1.25. The molecule has 7 nitrogen and oxygen atoms in total. The first-order chi connectivity index (χ1) is 14.2. The summed E-state index contributed by atoms with van der Waals surface area (Å²) in [6, 6.07) is 12.0. The van der Waals surface area contributed by atoms with Crippen LogP contribution >= 0.6 is 11.3 Å². The Morgan fingerprint density at radius 3 is 2.79 bits per heavy atom. The number of rotatable bonds is 8. The summed E-state index contributed by atoms with van der Waals surface area (Å²) in [7, 11) is 0. The fourth-order valence-electron chi connectivity index (χ4n) is 3.17. The van der Waals surface area contributed by atoms with E-state index in [2.05, 4.69) is 27.1 Å². The van der Waals surface area contributed by atoms with E-state index in [4.69, 9.17) is 0 Å². The molecule has 148 valence electrons. The molecule has 1 aromatic carbocycles. The van der Waals surface area contributed by atoms with E-state index in [-0.39, 0.29) is 19.1 Å². The van der Waals surface area contributed by atoms with Crippen molar-refractivity contribution in [1.82, 2.24) is 24.4 Å². The summed E-state index contributed by atoms with van der Waals surface area (Å²) in [5.41, 5.74) is 3.15. The number of thiazole rings is 1. The first-order valence-corrected chi connectivity index (χ1v) is 10.3. The van der Waals surface area contributed by atoms with Crippen molar-refractivity contribution in [1.29, 1.82) is 0 Å². The number of aliphatic hydroxyl groups excluding tert-OH is 1. The largest absolute Gasteiger partial charge is 0.395 e. The second-order valence-corrected chi connectivity index (χ2v) is 7.60. The summed E-state index contributed by atoms with van der Waals surface area (Å²) < 4.78 is 2.00. The predicted octanol–water partition coefficient (Wildman–Crippen LogP) is 2.77. The van der Waals surface area contributed by atoms with Gasteiger partial charge in [-0.3, -0.25) is 4.79 Å². The molecule has 0 aliphatic carbocycles. The van der Waals surface area contributed by atoms with Crippen LogP contribution in [0.15, 0.2) is 60.5 Å². The highest BCUT2D eigenvalue weighted by Gasteiger charge is 2.18. The van der Waals surface area contributed by atoms with Crippen LogP contribution in [0.25, 0.3) is 11.2 Å². The average molecular weight is 407 g/mol. The second kappa shape index (κ2) is 8.93. The third-order valence-electron chi connectivity index (χ3n) is 4.65. The van der Waals surface area contributed by atoms with Crippen molar-refractivity contribution < 1.29 is 9.90 Å². The van der Waals surface area contributed by atoms with Gasteiger partial charge in [0.2, 0.25) is 0 Å². The number of aromatic nitrogens is 4. The van der Waals surface area contributed by atoms with Crippen molar-refractivity contribution in [3.8, 4) is 0 Å². The Bertz CT molecular complexity index is 1080. The Morgan fingerprint density at radius 1 is 1.17 bits per heavy atom. The van der Waals surface area contributed by atoms with E-state index in [9.17, 15) is 9.90 Å². The van der Waals surface area contributed by atoms with Gasteiger partial charge in [-0.1, -0.05) is 30.3 Å². The lowest BCUT2D eigenvalue weighted by Crippen LogP contribution is -2.33. The number of fused-ring (bicyclic) bond motifs is 1. The van der Waals surface area contributed by atoms with Gasteiger partial charge in [0, 0.05) is 30.9 Å². The van der Waals surface area contributed by atoms with E-state index in [1.807, 2.05) is 28.1 Å². The van der Waals surface area contributed by atoms with E-state index in [1.54, 1.807) is 29.7 Å². The molecule has 1 amide bonds. The Kier molecular flexibility index (Phi) is 5.92. The van der Waals surface area contributed by atoms with Crippen LogP contribution in [0.4, 0.5) is 0 Å². The smallest absolute Gasteiger partial charge is 0.255 e. The van der Waals surface area contributed by atoms with E-state index in [1.165, 1.54) is 16.9 Å². The maximum Gasteiger partial charge on any atom is 0.255 e. The maximum atomic E-state index is 12.9. The van der Waals surface area contributed by atoms with Gasteiger partial charge in [0.15, 0.2) is 5.65 Å². The fourth-order valence-corrected chi connectivity index (χ4v) is 3.80. The third kappa shape index (κ3) is 4.49. The fraction of sp³-hybridized carbons (Fsp3) is 0.238. The van der Waals surface area contributed by atoms with Crippen LogP contribution in [0.3, 0.4) is 0 Å². The van der Waals surface area contributed by atoms with Gasteiger partial charge < -0.3 is 14.6 Å². The van der Waals surface area contributed by atoms with Gasteiger partial charge in [0.1, 0.15) is 10.5 Å². The van der Waals surface area contributed by atoms with Crippen LogP contribution < -0.4 is 0 Å². The van der Waals surface area contributed by atoms with E-state index in [0.717, 1.165) is 23.6 Å². The molecule has 0 aliphatic rings. The number of hydrogen-bond donors (Lipinski definition) is 1. The van der Waals surface area contributed by atoms with Crippen molar-refractivity contribution in [2.75, 3.05) is 13.2 Å². The molecule has 0 saturated heterocycles. The molecular formula is C21H21N5O2S. The second-order valence-electron chi connectivity index (χ2n) is 6.62. The van der Waals surface area contributed by atoms with Crippen LogP contribution in [0.5, 0.6) is 0 Å². The number of aryl methyl sites for hydroxylation is 2. The highest BCUT2D eigenvalue weighted by molar-refractivity contribution is 7.09. The zero-order chi connectivity index (χ0) is 20.1. The molecule has 0 aliphatic heterocycles. The van der Waals surface area contributed by atoms with E-state index >= 15 is 0 Å². The minimum absolute atomic E-state index is 0.110. The highest BCUT2D eigenvalue weighted by Crippen LogP contribution is 2.16. The molecule has 4 rings (SSSR count). The molecule has 0 atom stereocenters. The van der Waals surface area contributed by atoms with Crippen LogP contribution in [-0.4, -0.2) is 48.6 Å². The quantitative estimate of drug-likeness (QED) is 0.486. The monoisotopic (exact) mass is 407 g/mol. The standard InChI is InChI=1S/C21H21N5O2S/c27-10-9-25(14-19-22-7-11-29-19)21(28)17-12-18-20(23-13-17)26(15-24-18)8-6-16-4-2-1-3-5-16/h1-5,7,11-13,15,27H,6,8-10,14H2. The topological polar surface area (TPSA) is 84.1 Å². The minimum atomic E-state index is -0.192. The summed E-state index contributed by atoms with van der Waals surface area (Å²) in [5, 5.41) is 12.0. The number of aliphatic hydroxyl groups is 1. The van der Waals surface area contributed by atoms with Crippen molar-refractivity contribution in [2.45, 2.75) is 19.5 Å². The molecule has 0 radical (unpaired) electrons. The molecule has 3 aromatic heterocycles. The molecule has 0 unspecified atom stereocenters. The summed E-state index contributed by atoms with van der Waals surface area (Å²) >= 11 is 1.48. The van der Waals surface area contributed by atoms with Gasteiger partial charge in [-0.2, -0.15) is 0 Å². The van der Waals surface area contributed by atoms with Crippen molar-refractivity contribution in [3.05, 3.63) is 76.6 Å². The zero-order valence-corrected chi connectivity index (χ0v) is 16.6. The number of pyridine rings is 1. The molecule has 0 saturated carbocycles. The van der Waals surface area contributed by atoms with Crippen LogP contribution in [-0.2, 0) is 19.5 Å².